The van der Waals surface area contributed by atoms with E-state index >= 15 is 0 Å². The predicted molar refractivity (Wildman–Crippen MR) is 95.5 cm³/mol. The fraction of sp³-hybridized carbons (Fsp3) is 0.0556. The molecule has 8 heteroatoms. The van der Waals surface area contributed by atoms with Gasteiger partial charge in [-0.3, -0.25) is 4.79 Å². The maximum absolute atomic E-state index is 13.1. The minimum absolute atomic E-state index is 0.0100. The van der Waals surface area contributed by atoms with E-state index in [1.807, 2.05) is 0 Å². The second kappa shape index (κ2) is 7.88. The summed E-state index contributed by atoms with van der Waals surface area (Å²) in [5, 5.41) is 13.3. The second-order valence-electron chi connectivity index (χ2n) is 5.41. The number of anilines is 3. The van der Waals surface area contributed by atoms with E-state index in [1.165, 1.54) is 30.3 Å². The molecule has 0 spiro atoms. The fourth-order valence-electron chi connectivity index (χ4n) is 2.21. The van der Waals surface area contributed by atoms with Gasteiger partial charge < -0.3 is 10.6 Å². The van der Waals surface area contributed by atoms with Crippen molar-refractivity contribution in [1.82, 2.24) is 10.2 Å². The van der Waals surface area contributed by atoms with Gasteiger partial charge in [-0.2, -0.15) is 0 Å². The van der Waals surface area contributed by atoms with Crippen LogP contribution in [0, 0.1) is 11.6 Å². The lowest BCUT2D eigenvalue weighted by Gasteiger charge is -2.07. The maximum Gasteiger partial charge on any atom is 0.229 e. The van der Waals surface area contributed by atoms with Crippen LogP contribution in [0.2, 0.25) is 5.02 Å². The Labute approximate surface area is 153 Å². The lowest BCUT2D eigenvalue weighted by Crippen LogP contribution is -2.15. The van der Waals surface area contributed by atoms with Gasteiger partial charge in [0, 0.05) is 5.69 Å². The van der Waals surface area contributed by atoms with Crippen molar-refractivity contribution in [3.05, 3.63) is 76.8 Å². The first-order chi connectivity index (χ1) is 12.5. The van der Waals surface area contributed by atoms with E-state index in [1.54, 1.807) is 24.3 Å². The zero-order valence-corrected chi connectivity index (χ0v) is 14.1. The average molecular weight is 375 g/mol. The van der Waals surface area contributed by atoms with Gasteiger partial charge in [0.05, 0.1) is 11.4 Å². The van der Waals surface area contributed by atoms with Crippen molar-refractivity contribution >= 4 is 34.8 Å². The van der Waals surface area contributed by atoms with Gasteiger partial charge >= 0.3 is 0 Å². The molecule has 5 nitrogen and oxygen atoms in total. The third kappa shape index (κ3) is 4.73. The molecule has 0 aliphatic carbocycles. The number of rotatable bonds is 5. The number of amides is 1. The number of benzene rings is 2. The average Bonchev–Trinajstić information content (AvgIpc) is 2.60. The van der Waals surface area contributed by atoms with Gasteiger partial charge in [0.1, 0.15) is 11.6 Å². The molecule has 1 aromatic heterocycles. The molecular formula is C18H13ClF2N4O. The Kier molecular flexibility index (Phi) is 5.38. The van der Waals surface area contributed by atoms with Gasteiger partial charge in [-0.1, -0.05) is 23.7 Å². The van der Waals surface area contributed by atoms with Crippen LogP contribution >= 0.6 is 11.6 Å². The molecule has 1 heterocycles. The normalized spacial score (nSPS) is 10.4. The molecule has 0 bridgehead atoms. The quantitative estimate of drug-likeness (QED) is 0.697. The Balaban J connectivity index is 1.60. The molecule has 0 aliphatic heterocycles. The molecule has 0 fully saturated rings. The Morgan fingerprint density at radius 3 is 2.46 bits per heavy atom. The summed E-state index contributed by atoms with van der Waals surface area (Å²) in [5.74, 6) is -0.591. The van der Waals surface area contributed by atoms with Crippen LogP contribution < -0.4 is 10.6 Å². The monoisotopic (exact) mass is 374 g/mol. The van der Waals surface area contributed by atoms with E-state index in [4.69, 9.17) is 11.6 Å². The summed E-state index contributed by atoms with van der Waals surface area (Å²) in [4.78, 5) is 12.0. The fourth-order valence-corrected chi connectivity index (χ4v) is 2.39. The zero-order chi connectivity index (χ0) is 18.5. The van der Waals surface area contributed by atoms with Crippen molar-refractivity contribution in [3.63, 3.8) is 0 Å². The van der Waals surface area contributed by atoms with Crippen LogP contribution in [0.5, 0.6) is 0 Å². The van der Waals surface area contributed by atoms with Crippen LogP contribution in [0.1, 0.15) is 5.56 Å². The van der Waals surface area contributed by atoms with E-state index in [9.17, 15) is 13.6 Å². The Bertz CT molecular complexity index is 935. The molecule has 26 heavy (non-hydrogen) atoms. The Hall–Kier alpha value is -3.06. The molecule has 0 aliphatic rings. The number of carbonyl (C=O) groups excluding carboxylic acids is 1. The lowest BCUT2D eigenvalue weighted by molar-refractivity contribution is -0.115. The third-order valence-electron chi connectivity index (χ3n) is 3.38. The zero-order valence-electron chi connectivity index (χ0n) is 13.3. The summed E-state index contributed by atoms with van der Waals surface area (Å²) in [7, 11) is 0. The highest BCUT2D eigenvalue weighted by Gasteiger charge is 2.07. The van der Waals surface area contributed by atoms with Crippen LogP contribution in [0.25, 0.3) is 0 Å². The first-order valence-corrected chi connectivity index (χ1v) is 7.97. The summed E-state index contributed by atoms with van der Waals surface area (Å²) >= 11 is 5.72. The number of hydrogen-bond donors (Lipinski definition) is 2. The van der Waals surface area contributed by atoms with Crippen molar-refractivity contribution in [2.75, 3.05) is 10.6 Å². The molecular weight excluding hydrogens is 362 g/mol. The van der Waals surface area contributed by atoms with Crippen molar-refractivity contribution in [2.45, 2.75) is 6.42 Å². The van der Waals surface area contributed by atoms with Crippen molar-refractivity contribution in [1.29, 1.82) is 0 Å². The molecule has 0 atom stereocenters. The van der Waals surface area contributed by atoms with Crippen LogP contribution in [-0.4, -0.2) is 16.1 Å². The number of nitrogens with one attached hydrogen (secondary N) is 2. The number of aromatic nitrogens is 2. The van der Waals surface area contributed by atoms with Gasteiger partial charge in [-0.25, -0.2) is 8.78 Å². The highest BCUT2D eigenvalue weighted by atomic mass is 35.5. The molecule has 0 saturated carbocycles. The van der Waals surface area contributed by atoms with Crippen molar-refractivity contribution < 1.29 is 13.6 Å². The van der Waals surface area contributed by atoms with Gasteiger partial charge in [-0.05, 0) is 48.0 Å². The predicted octanol–water partition coefficient (Wildman–Crippen LogP) is 4.33. The molecule has 0 unspecified atom stereocenters. The van der Waals surface area contributed by atoms with Crippen LogP contribution in [0.4, 0.5) is 26.1 Å². The summed E-state index contributed by atoms with van der Waals surface area (Å²) in [6.07, 6.45) is 0.0213. The topological polar surface area (TPSA) is 66.9 Å². The SMILES string of the molecule is O=C(Cc1cccc(F)c1)Nc1ccc(Nc2ccc(F)c(Cl)c2)nn1. The number of carbonyl (C=O) groups is 1. The Morgan fingerprint density at radius 1 is 1.00 bits per heavy atom. The molecule has 3 rings (SSSR count). The van der Waals surface area contributed by atoms with Crippen molar-refractivity contribution in [2.24, 2.45) is 0 Å². The third-order valence-corrected chi connectivity index (χ3v) is 3.67. The standard InChI is InChI=1S/C18H13ClF2N4O/c19-14-10-13(4-5-15(14)21)22-16-6-7-17(25-24-16)23-18(26)9-11-2-1-3-12(20)8-11/h1-8,10H,9H2,(H,22,24)(H,23,25,26). The second-order valence-corrected chi connectivity index (χ2v) is 5.82. The first-order valence-electron chi connectivity index (χ1n) is 7.60. The van der Waals surface area contributed by atoms with Gasteiger partial charge in [0.25, 0.3) is 0 Å². The van der Waals surface area contributed by atoms with Crippen LogP contribution in [-0.2, 0) is 11.2 Å². The highest BCUT2D eigenvalue weighted by Crippen LogP contribution is 2.22. The van der Waals surface area contributed by atoms with E-state index in [0.717, 1.165) is 0 Å². The van der Waals surface area contributed by atoms with E-state index in [2.05, 4.69) is 20.8 Å². The molecule has 0 radical (unpaired) electrons. The van der Waals surface area contributed by atoms with Gasteiger partial charge in [-0.15, -0.1) is 10.2 Å². The molecule has 1 amide bonds. The molecule has 132 valence electrons. The Morgan fingerprint density at radius 2 is 1.77 bits per heavy atom. The summed E-state index contributed by atoms with van der Waals surface area (Å²) in [6.45, 7) is 0. The van der Waals surface area contributed by atoms with Crippen LogP contribution in [0.3, 0.4) is 0 Å². The smallest absolute Gasteiger partial charge is 0.229 e. The van der Waals surface area contributed by atoms with Gasteiger partial charge in [0.2, 0.25) is 5.91 Å². The molecule has 3 aromatic rings. The summed E-state index contributed by atoms with van der Waals surface area (Å²) < 4.78 is 26.3. The minimum Gasteiger partial charge on any atom is -0.339 e. The minimum atomic E-state index is -0.514. The first kappa shape index (κ1) is 17.8. The van der Waals surface area contributed by atoms with E-state index in [-0.39, 0.29) is 23.2 Å². The summed E-state index contributed by atoms with van der Waals surface area (Å²) in [5.41, 5.74) is 1.11. The van der Waals surface area contributed by atoms with Gasteiger partial charge in [0.15, 0.2) is 11.6 Å². The van der Waals surface area contributed by atoms with Crippen molar-refractivity contribution in [3.8, 4) is 0 Å². The number of hydrogen-bond acceptors (Lipinski definition) is 4. The number of nitrogens with zero attached hydrogens (tertiary/aromatic N) is 2. The highest BCUT2D eigenvalue weighted by molar-refractivity contribution is 6.31. The lowest BCUT2D eigenvalue weighted by atomic mass is 10.1. The number of halogens is 3. The maximum atomic E-state index is 13.1. The largest absolute Gasteiger partial charge is 0.339 e. The van der Waals surface area contributed by atoms with E-state index < -0.39 is 11.6 Å². The molecule has 2 aromatic carbocycles. The summed E-state index contributed by atoms with van der Waals surface area (Å²) in [6, 6.07) is 13.1. The van der Waals surface area contributed by atoms with Crippen LogP contribution in [0.15, 0.2) is 54.6 Å². The molecule has 2 N–H and O–H groups in total. The van der Waals surface area contributed by atoms with E-state index in [0.29, 0.717) is 17.1 Å². The molecule has 0 saturated heterocycles.